The Balaban J connectivity index is 2.31. The van der Waals surface area contributed by atoms with Gasteiger partial charge in [0, 0.05) is 12.5 Å². The van der Waals surface area contributed by atoms with Crippen LogP contribution in [0.5, 0.6) is 0 Å². The van der Waals surface area contributed by atoms with Crippen LogP contribution < -0.4 is 0 Å². The molecule has 1 N–H and O–H groups in total. The third kappa shape index (κ3) is 0.829. The molecule has 0 aromatic carbocycles. The number of aliphatic hydroxyl groups excluding tert-OH is 1. The molecule has 1 unspecified atom stereocenters. The molecule has 40 valence electrons. The molecule has 7 heavy (non-hydrogen) atoms. The van der Waals surface area contributed by atoms with Crippen LogP contribution in [-0.2, 0) is 0 Å². The lowest BCUT2D eigenvalue weighted by molar-refractivity contribution is 0.281. The molecule has 0 radical (unpaired) electrons. The molecular weight excluding hydrogens is 88.1 g/mol. The second-order valence-corrected chi connectivity index (χ2v) is 1.95. The molecule has 0 heterocycles. The van der Waals surface area contributed by atoms with Crippen molar-refractivity contribution < 1.29 is 5.11 Å². The lowest BCUT2D eigenvalue weighted by atomic mass is 10.4. The van der Waals surface area contributed by atoms with Gasteiger partial charge in [-0.2, -0.15) is 0 Å². The van der Waals surface area contributed by atoms with Gasteiger partial charge < -0.3 is 5.11 Å². The third-order valence-corrected chi connectivity index (χ3v) is 1.44. The van der Waals surface area contributed by atoms with Crippen molar-refractivity contribution in [1.82, 2.24) is 0 Å². The first-order chi connectivity index (χ1) is 3.38. The van der Waals surface area contributed by atoms with Gasteiger partial charge in [0.15, 0.2) is 0 Å². The van der Waals surface area contributed by atoms with Gasteiger partial charge in [0.1, 0.15) is 0 Å². The summed E-state index contributed by atoms with van der Waals surface area (Å²) in [4.78, 5) is 0. The fourth-order valence-corrected chi connectivity index (χ4v) is 0.761. The molecule has 1 heteroatoms. The number of hydrogen-bond donors (Lipinski definition) is 1. The van der Waals surface area contributed by atoms with Crippen molar-refractivity contribution >= 4 is 0 Å². The van der Waals surface area contributed by atoms with Crippen LogP contribution in [0.15, 0.2) is 11.6 Å². The van der Waals surface area contributed by atoms with Crippen LogP contribution in [0.1, 0.15) is 13.3 Å². The lowest BCUT2D eigenvalue weighted by Crippen LogP contribution is -1.80. The Morgan fingerprint density at radius 3 is 2.86 bits per heavy atom. The minimum atomic E-state index is 0.347. The van der Waals surface area contributed by atoms with E-state index < -0.39 is 0 Å². The van der Waals surface area contributed by atoms with E-state index in [2.05, 4.69) is 6.08 Å². The molecule has 1 nitrogen and oxygen atoms in total. The number of aliphatic hydroxyl groups is 1. The Bertz CT molecular complexity index is 94.4. The van der Waals surface area contributed by atoms with Crippen LogP contribution >= 0.6 is 0 Å². The summed E-state index contributed by atoms with van der Waals surface area (Å²) in [7, 11) is 0. The summed E-state index contributed by atoms with van der Waals surface area (Å²) < 4.78 is 0. The van der Waals surface area contributed by atoms with Gasteiger partial charge in [0.2, 0.25) is 0 Å². The smallest absolute Gasteiger partial charge is 0.0499 e. The van der Waals surface area contributed by atoms with E-state index in [1.807, 2.05) is 6.92 Å². The maximum atomic E-state index is 8.47. The molecule has 1 aliphatic rings. The Morgan fingerprint density at radius 1 is 2.00 bits per heavy atom. The highest BCUT2D eigenvalue weighted by molar-refractivity contribution is 5.21. The molecule has 0 aliphatic heterocycles. The first-order valence-corrected chi connectivity index (χ1v) is 2.64. The maximum absolute atomic E-state index is 8.47. The van der Waals surface area contributed by atoms with Crippen LogP contribution in [0.2, 0.25) is 0 Å². The average Bonchev–Trinajstić information content (AvgIpc) is 2.43. The predicted octanol–water partition coefficient (Wildman–Crippen LogP) is 0.945. The number of rotatable bonds is 1. The fraction of sp³-hybridized carbons (Fsp3) is 0.667. The van der Waals surface area contributed by atoms with E-state index in [-0.39, 0.29) is 0 Å². The van der Waals surface area contributed by atoms with Gasteiger partial charge in [0.05, 0.1) is 0 Å². The van der Waals surface area contributed by atoms with Crippen LogP contribution in [0.25, 0.3) is 0 Å². The largest absolute Gasteiger partial charge is 0.396 e. The van der Waals surface area contributed by atoms with Crippen LogP contribution in [0.4, 0.5) is 0 Å². The van der Waals surface area contributed by atoms with Crippen molar-refractivity contribution in [3.05, 3.63) is 11.6 Å². The molecule has 1 atom stereocenters. The second-order valence-electron chi connectivity index (χ2n) is 1.95. The van der Waals surface area contributed by atoms with E-state index >= 15 is 0 Å². The summed E-state index contributed by atoms with van der Waals surface area (Å²) in [5.74, 6) is 0.532. The monoisotopic (exact) mass is 98.1 g/mol. The maximum Gasteiger partial charge on any atom is 0.0499 e. The molecule has 1 aliphatic carbocycles. The van der Waals surface area contributed by atoms with Crippen LogP contribution in [-0.4, -0.2) is 11.7 Å². The molecule has 0 aromatic heterocycles. The lowest BCUT2D eigenvalue weighted by Gasteiger charge is -1.76. The third-order valence-electron chi connectivity index (χ3n) is 1.44. The van der Waals surface area contributed by atoms with Crippen molar-refractivity contribution in [1.29, 1.82) is 0 Å². The number of hydrogen-bond acceptors (Lipinski definition) is 1. The Hall–Kier alpha value is -0.300. The SMILES string of the molecule is CC=C1CC1CO. The normalized spacial score (nSPS) is 34.0. The Kier molecular flexibility index (Phi) is 1.15. The average molecular weight is 98.1 g/mol. The minimum absolute atomic E-state index is 0.347. The van der Waals surface area contributed by atoms with Crippen molar-refractivity contribution in [2.24, 2.45) is 5.92 Å². The molecule has 1 rings (SSSR count). The molecule has 1 fully saturated rings. The van der Waals surface area contributed by atoms with Gasteiger partial charge in [-0.05, 0) is 13.3 Å². The van der Waals surface area contributed by atoms with E-state index in [0.29, 0.717) is 12.5 Å². The quantitative estimate of drug-likeness (QED) is 0.484. The van der Waals surface area contributed by atoms with Crippen molar-refractivity contribution in [3.63, 3.8) is 0 Å². The van der Waals surface area contributed by atoms with Crippen LogP contribution in [0.3, 0.4) is 0 Å². The highest BCUT2D eigenvalue weighted by atomic mass is 16.3. The Labute approximate surface area is 43.7 Å². The van der Waals surface area contributed by atoms with E-state index in [9.17, 15) is 0 Å². The molecule has 0 spiro atoms. The topological polar surface area (TPSA) is 20.2 Å². The summed E-state index contributed by atoms with van der Waals surface area (Å²) in [6.45, 7) is 2.37. The van der Waals surface area contributed by atoms with Gasteiger partial charge in [-0.15, -0.1) is 0 Å². The van der Waals surface area contributed by atoms with Gasteiger partial charge in [-0.3, -0.25) is 0 Å². The molecular formula is C6H10O. The molecule has 1 saturated carbocycles. The van der Waals surface area contributed by atoms with Gasteiger partial charge >= 0.3 is 0 Å². The van der Waals surface area contributed by atoms with E-state index in [0.717, 1.165) is 6.42 Å². The van der Waals surface area contributed by atoms with Gasteiger partial charge in [-0.1, -0.05) is 11.6 Å². The van der Waals surface area contributed by atoms with E-state index in [1.165, 1.54) is 5.57 Å². The summed E-state index contributed by atoms with van der Waals surface area (Å²) in [5.41, 5.74) is 1.42. The van der Waals surface area contributed by atoms with Crippen molar-refractivity contribution in [2.45, 2.75) is 13.3 Å². The fourth-order valence-electron chi connectivity index (χ4n) is 0.761. The molecule has 0 amide bonds. The van der Waals surface area contributed by atoms with Crippen LogP contribution in [0, 0.1) is 5.92 Å². The zero-order valence-electron chi connectivity index (χ0n) is 4.52. The zero-order valence-corrected chi connectivity index (χ0v) is 4.52. The standard InChI is InChI=1S/C6H10O/c1-2-5-3-6(5)4-7/h2,6-7H,3-4H2,1H3. The van der Waals surface area contributed by atoms with Gasteiger partial charge in [0.25, 0.3) is 0 Å². The van der Waals surface area contributed by atoms with Crippen molar-refractivity contribution in [2.75, 3.05) is 6.61 Å². The second kappa shape index (κ2) is 1.66. The van der Waals surface area contributed by atoms with E-state index in [1.54, 1.807) is 0 Å². The van der Waals surface area contributed by atoms with Gasteiger partial charge in [-0.25, -0.2) is 0 Å². The highest BCUT2D eigenvalue weighted by Crippen LogP contribution is 2.36. The molecule has 0 saturated heterocycles. The Morgan fingerprint density at radius 2 is 2.71 bits per heavy atom. The van der Waals surface area contributed by atoms with Crippen molar-refractivity contribution in [3.8, 4) is 0 Å². The predicted molar refractivity (Wildman–Crippen MR) is 28.9 cm³/mol. The van der Waals surface area contributed by atoms with E-state index in [4.69, 9.17) is 5.11 Å². The summed E-state index contributed by atoms with van der Waals surface area (Å²) >= 11 is 0. The summed E-state index contributed by atoms with van der Waals surface area (Å²) in [5, 5.41) is 8.47. The molecule has 0 bridgehead atoms. The first-order valence-electron chi connectivity index (χ1n) is 2.64. The summed E-state index contributed by atoms with van der Waals surface area (Å²) in [6.07, 6.45) is 3.22. The number of allylic oxidation sites excluding steroid dienone is 1. The molecule has 0 aromatic rings. The first kappa shape index (κ1) is 4.85. The minimum Gasteiger partial charge on any atom is -0.396 e. The highest BCUT2D eigenvalue weighted by Gasteiger charge is 2.26. The zero-order chi connectivity index (χ0) is 5.28. The summed E-state index contributed by atoms with van der Waals surface area (Å²) in [6, 6.07) is 0.